The van der Waals surface area contributed by atoms with Gasteiger partial charge in [0.15, 0.2) is 0 Å². The zero-order valence-corrected chi connectivity index (χ0v) is 11.0. The minimum Gasteiger partial charge on any atom is -0.377 e. The van der Waals surface area contributed by atoms with Crippen LogP contribution in [0.3, 0.4) is 0 Å². The predicted octanol–water partition coefficient (Wildman–Crippen LogP) is 2.00. The first-order valence-corrected chi connectivity index (χ1v) is 6.87. The topological polar surface area (TPSA) is 38.5 Å². The number of nitrogens with two attached hydrogens (primary N) is 1. The molecule has 3 nitrogen and oxygen atoms in total. The first kappa shape index (κ1) is 13.9. The zero-order valence-electron chi connectivity index (χ0n) is 11.0. The summed E-state index contributed by atoms with van der Waals surface area (Å²) in [6.07, 6.45) is 6.48. The van der Waals surface area contributed by atoms with Crippen molar-refractivity contribution in [2.45, 2.75) is 58.1 Å². The lowest BCUT2D eigenvalue weighted by Crippen LogP contribution is -2.48. The van der Waals surface area contributed by atoms with E-state index in [2.05, 4.69) is 18.7 Å². The monoisotopic (exact) mass is 228 g/mol. The van der Waals surface area contributed by atoms with E-state index in [1.165, 1.54) is 32.2 Å². The first-order valence-electron chi connectivity index (χ1n) is 6.87. The minimum atomic E-state index is 0.444. The fraction of sp³-hybridized carbons (Fsp3) is 1.00. The van der Waals surface area contributed by atoms with Gasteiger partial charge in [-0.25, -0.2) is 0 Å². The predicted molar refractivity (Wildman–Crippen MR) is 68.6 cm³/mol. The molecule has 96 valence electrons. The molecule has 0 aromatic heterocycles. The van der Waals surface area contributed by atoms with Crippen molar-refractivity contribution in [3.63, 3.8) is 0 Å². The Morgan fingerprint density at radius 1 is 1.38 bits per heavy atom. The number of rotatable bonds is 7. The van der Waals surface area contributed by atoms with E-state index in [0.717, 1.165) is 26.1 Å². The molecule has 1 aliphatic rings. The average molecular weight is 228 g/mol. The molecule has 2 N–H and O–H groups in total. The maximum Gasteiger partial charge on any atom is 0.0702 e. The van der Waals surface area contributed by atoms with Gasteiger partial charge in [0, 0.05) is 25.7 Å². The quantitative estimate of drug-likeness (QED) is 0.724. The van der Waals surface area contributed by atoms with Crippen LogP contribution >= 0.6 is 0 Å². The summed E-state index contributed by atoms with van der Waals surface area (Å²) in [6, 6.07) is 0.568. The van der Waals surface area contributed by atoms with Crippen LogP contribution in [0.2, 0.25) is 0 Å². The fourth-order valence-corrected chi connectivity index (χ4v) is 2.50. The van der Waals surface area contributed by atoms with Gasteiger partial charge >= 0.3 is 0 Å². The van der Waals surface area contributed by atoms with Crippen LogP contribution < -0.4 is 5.73 Å². The van der Waals surface area contributed by atoms with Crippen molar-refractivity contribution in [3.8, 4) is 0 Å². The summed E-state index contributed by atoms with van der Waals surface area (Å²) in [6.45, 7) is 8.38. The first-order chi connectivity index (χ1) is 7.81. The Labute approximate surface area is 100 Å². The van der Waals surface area contributed by atoms with Crippen molar-refractivity contribution in [3.05, 3.63) is 0 Å². The Morgan fingerprint density at radius 3 is 2.81 bits per heavy atom. The van der Waals surface area contributed by atoms with Gasteiger partial charge in [-0.3, -0.25) is 4.90 Å². The van der Waals surface area contributed by atoms with Gasteiger partial charge in [0.05, 0.1) is 6.10 Å². The Balaban J connectivity index is 2.35. The van der Waals surface area contributed by atoms with E-state index in [4.69, 9.17) is 10.5 Å². The van der Waals surface area contributed by atoms with Gasteiger partial charge in [-0.2, -0.15) is 0 Å². The molecular weight excluding hydrogens is 200 g/mol. The number of ether oxygens (including phenoxy) is 1. The number of piperidine rings is 1. The fourth-order valence-electron chi connectivity index (χ4n) is 2.50. The SMILES string of the molecule is CCCOC1CCCN(C(CN)CCC)C1. The molecule has 0 bridgehead atoms. The molecule has 1 fully saturated rings. The van der Waals surface area contributed by atoms with Gasteiger partial charge in [-0.1, -0.05) is 20.3 Å². The standard InChI is InChI=1S/C13H28N2O/c1-3-6-12(10-14)15-8-5-7-13(11-15)16-9-4-2/h12-13H,3-11,14H2,1-2H3. The average Bonchev–Trinajstić information content (AvgIpc) is 2.33. The van der Waals surface area contributed by atoms with E-state index in [1.54, 1.807) is 0 Å². The van der Waals surface area contributed by atoms with Gasteiger partial charge in [0.25, 0.3) is 0 Å². The van der Waals surface area contributed by atoms with E-state index in [0.29, 0.717) is 12.1 Å². The largest absolute Gasteiger partial charge is 0.377 e. The van der Waals surface area contributed by atoms with Gasteiger partial charge in [-0.15, -0.1) is 0 Å². The van der Waals surface area contributed by atoms with E-state index in [9.17, 15) is 0 Å². The highest BCUT2D eigenvalue weighted by molar-refractivity contribution is 4.80. The molecule has 3 heteroatoms. The van der Waals surface area contributed by atoms with Gasteiger partial charge in [-0.05, 0) is 32.2 Å². The van der Waals surface area contributed by atoms with Gasteiger partial charge in [0.2, 0.25) is 0 Å². The smallest absolute Gasteiger partial charge is 0.0702 e. The second kappa shape index (κ2) is 8.04. The van der Waals surface area contributed by atoms with Crippen molar-refractivity contribution >= 4 is 0 Å². The van der Waals surface area contributed by atoms with E-state index in [-0.39, 0.29) is 0 Å². The summed E-state index contributed by atoms with van der Waals surface area (Å²) in [4.78, 5) is 2.54. The van der Waals surface area contributed by atoms with E-state index in [1.807, 2.05) is 0 Å². The van der Waals surface area contributed by atoms with Crippen LogP contribution in [0.4, 0.5) is 0 Å². The molecule has 0 radical (unpaired) electrons. The Kier molecular flexibility index (Phi) is 7.01. The van der Waals surface area contributed by atoms with Crippen LogP contribution in [-0.2, 0) is 4.74 Å². The lowest BCUT2D eigenvalue weighted by molar-refractivity contribution is -0.0125. The third kappa shape index (κ3) is 4.40. The van der Waals surface area contributed by atoms with Crippen LogP contribution in [0.25, 0.3) is 0 Å². The lowest BCUT2D eigenvalue weighted by atomic mass is 10.0. The molecule has 1 heterocycles. The molecule has 0 spiro atoms. The summed E-state index contributed by atoms with van der Waals surface area (Å²) in [5.41, 5.74) is 5.85. The van der Waals surface area contributed by atoms with Gasteiger partial charge < -0.3 is 10.5 Å². The lowest BCUT2D eigenvalue weighted by Gasteiger charge is -2.37. The molecule has 1 saturated heterocycles. The van der Waals surface area contributed by atoms with Crippen LogP contribution in [0.1, 0.15) is 46.0 Å². The Bertz CT molecular complexity index is 175. The highest BCUT2D eigenvalue weighted by Gasteiger charge is 2.24. The van der Waals surface area contributed by atoms with Crippen molar-refractivity contribution in [1.29, 1.82) is 0 Å². The normalized spacial score (nSPS) is 24.6. The molecule has 2 atom stereocenters. The van der Waals surface area contributed by atoms with Crippen molar-refractivity contribution in [2.75, 3.05) is 26.2 Å². The summed E-state index contributed by atoms with van der Waals surface area (Å²) >= 11 is 0. The third-order valence-corrected chi connectivity index (χ3v) is 3.38. The van der Waals surface area contributed by atoms with E-state index >= 15 is 0 Å². The minimum absolute atomic E-state index is 0.444. The number of likely N-dealkylation sites (tertiary alicyclic amines) is 1. The van der Waals surface area contributed by atoms with Crippen molar-refractivity contribution < 1.29 is 4.74 Å². The van der Waals surface area contributed by atoms with Crippen LogP contribution in [0.15, 0.2) is 0 Å². The number of hydrogen-bond acceptors (Lipinski definition) is 3. The van der Waals surface area contributed by atoms with E-state index < -0.39 is 0 Å². The Morgan fingerprint density at radius 2 is 2.19 bits per heavy atom. The number of nitrogens with zero attached hydrogens (tertiary/aromatic N) is 1. The molecular formula is C13H28N2O. The molecule has 0 aromatic rings. The second-order valence-electron chi connectivity index (χ2n) is 4.81. The molecule has 2 unspecified atom stereocenters. The molecule has 0 amide bonds. The third-order valence-electron chi connectivity index (χ3n) is 3.38. The highest BCUT2D eigenvalue weighted by atomic mass is 16.5. The second-order valence-corrected chi connectivity index (χ2v) is 4.81. The summed E-state index contributed by atoms with van der Waals surface area (Å²) in [5, 5.41) is 0. The molecule has 1 aliphatic heterocycles. The molecule has 1 rings (SSSR count). The molecule has 0 saturated carbocycles. The summed E-state index contributed by atoms with van der Waals surface area (Å²) in [7, 11) is 0. The van der Waals surface area contributed by atoms with Crippen molar-refractivity contribution in [2.24, 2.45) is 5.73 Å². The zero-order chi connectivity index (χ0) is 11.8. The van der Waals surface area contributed by atoms with Gasteiger partial charge in [0.1, 0.15) is 0 Å². The summed E-state index contributed by atoms with van der Waals surface area (Å²) in [5.74, 6) is 0. The molecule has 16 heavy (non-hydrogen) atoms. The van der Waals surface area contributed by atoms with Crippen LogP contribution in [0.5, 0.6) is 0 Å². The van der Waals surface area contributed by atoms with Crippen LogP contribution in [-0.4, -0.2) is 43.3 Å². The van der Waals surface area contributed by atoms with Crippen molar-refractivity contribution in [1.82, 2.24) is 4.90 Å². The maximum atomic E-state index is 5.85. The molecule has 0 aromatic carbocycles. The summed E-state index contributed by atoms with van der Waals surface area (Å²) < 4.78 is 5.85. The molecule has 0 aliphatic carbocycles. The Hall–Kier alpha value is -0.120. The van der Waals surface area contributed by atoms with Crippen LogP contribution in [0, 0.1) is 0 Å². The highest BCUT2D eigenvalue weighted by Crippen LogP contribution is 2.17. The number of hydrogen-bond donors (Lipinski definition) is 1. The maximum absolute atomic E-state index is 5.85.